The number of carbonyl (C=O) groups is 2. The van der Waals surface area contributed by atoms with Crippen molar-refractivity contribution in [3.05, 3.63) is 52.0 Å². The number of carbonyl (C=O) groups excluding carboxylic acids is 2. The minimum Gasteiger partial charge on any atom is -0.495 e. The molecule has 0 radical (unpaired) electrons. The van der Waals surface area contributed by atoms with Gasteiger partial charge in [0.2, 0.25) is 10.0 Å². The molecule has 0 bridgehead atoms. The lowest BCUT2D eigenvalue weighted by atomic mass is 10.2. The second kappa shape index (κ2) is 10.1. The lowest BCUT2D eigenvalue weighted by Crippen LogP contribution is -2.30. The summed E-state index contributed by atoms with van der Waals surface area (Å²) in [6.45, 7) is 2.71. The van der Waals surface area contributed by atoms with Crippen molar-refractivity contribution in [2.75, 3.05) is 19.0 Å². The SMILES string of the molecule is COc1ccc(C(=O)OCC(=O)Nc2cc(Cl)ccc2Cl)cc1S(=O)(=O)NC(C)C. The summed E-state index contributed by atoms with van der Waals surface area (Å²) in [6.07, 6.45) is 0. The van der Waals surface area contributed by atoms with E-state index in [-0.39, 0.29) is 33.0 Å². The summed E-state index contributed by atoms with van der Waals surface area (Å²) >= 11 is 11.8. The highest BCUT2D eigenvalue weighted by Crippen LogP contribution is 2.26. The van der Waals surface area contributed by atoms with Crippen LogP contribution >= 0.6 is 23.2 Å². The van der Waals surface area contributed by atoms with E-state index in [1.807, 2.05) is 0 Å². The molecule has 0 fully saturated rings. The normalized spacial score (nSPS) is 11.3. The topological polar surface area (TPSA) is 111 Å². The number of amides is 1. The van der Waals surface area contributed by atoms with Crippen molar-refractivity contribution in [3.63, 3.8) is 0 Å². The fourth-order valence-electron chi connectivity index (χ4n) is 2.38. The predicted molar refractivity (Wildman–Crippen MR) is 114 cm³/mol. The molecule has 30 heavy (non-hydrogen) atoms. The van der Waals surface area contributed by atoms with Gasteiger partial charge in [0.1, 0.15) is 10.6 Å². The summed E-state index contributed by atoms with van der Waals surface area (Å²) in [5, 5.41) is 3.11. The van der Waals surface area contributed by atoms with Crippen LogP contribution in [0.15, 0.2) is 41.3 Å². The van der Waals surface area contributed by atoms with Gasteiger partial charge in [0, 0.05) is 11.1 Å². The number of nitrogens with one attached hydrogen (secondary N) is 2. The smallest absolute Gasteiger partial charge is 0.338 e. The number of halogens is 2. The highest BCUT2D eigenvalue weighted by molar-refractivity contribution is 7.89. The molecule has 0 unspecified atom stereocenters. The van der Waals surface area contributed by atoms with E-state index in [1.165, 1.54) is 31.4 Å². The van der Waals surface area contributed by atoms with Crippen LogP contribution in [-0.2, 0) is 19.6 Å². The quantitative estimate of drug-likeness (QED) is 0.566. The van der Waals surface area contributed by atoms with Gasteiger partial charge in [-0.15, -0.1) is 0 Å². The predicted octanol–water partition coefficient (Wildman–Crippen LogP) is 3.48. The van der Waals surface area contributed by atoms with E-state index in [9.17, 15) is 18.0 Å². The van der Waals surface area contributed by atoms with Crippen molar-refractivity contribution < 1.29 is 27.5 Å². The van der Waals surface area contributed by atoms with Crippen LogP contribution in [0.3, 0.4) is 0 Å². The van der Waals surface area contributed by atoms with E-state index in [0.717, 1.165) is 6.07 Å². The van der Waals surface area contributed by atoms with Crippen molar-refractivity contribution in [1.29, 1.82) is 0 Å². The van der Waals surface area contributed by atoms with Gasteiger partial charge < -0.3 is 14.8 Å². The molecule has 0 aliphatic rings. The molecule has 0 saturated carbocycles. The van der Waals surface area contributed by atoms with Gasteiger partial charge in [0.05, 0.1) is 23.4 Å². The van der Waals surface area contributed by atoms with E-state index in [0.29, 0.717) is 5.02 Å². The van der Waals surface area contributed by atoms with Crippen molar-refractivity contribution in [2.24, 2.45) is 0 Å². The Morgan fingerprint density at radius 2 is 1.80 bits per heavy atom. The Morgan fingerprint density at radius 1 is 1.10 bits per heavy atom. The molecule has 8 nitrogen and oxygen atoms in total. The molecule has 2 aromatic rings. The van der Waals surface area contributed by atoms with Crippen LogP contribution in [0, 0.1) is 0 Å². The number of benzene rings is 2. The number of sulfonamides is 1. The average molecular weight is 475 g/mol. The Morgan fingerprint density at radius 3 is 2.43 bits per heavy atom. The van der Waals surface area contributed by atoms with E-state index in [4.69, 9.17) is 32.7 Å². The van der Waals surface area contributed by atoms with Gasteiger partial charge in [-0.05, 0) is 50.2 Å². The van der Waals surface area contributed by atoms with Crippen molar-refractivity contribution >= 4 is 50.8 Å². The van der Waals surface area contributed by atoms with Gasteiger partial charge >= 0.3 is 5.97 Å². The van der Waals surface area contributed by atoms with E-state index in [2.05, 4.69) is 10.0 Å². The van der Waals surface area contributed by atoms with Gasteiger partial charge in [-0.1, -0.05) is 23.2 Å². The summed E-state index contributed by atoms with van der Waals surface area (Å²) in [4.78, 5) is 24.1. The number of anilines is 1. The molecule has 0 heterocycles. The number of hydrogen-bond acceptors (Lipinski definition) is 6. The maximum atomic E-state index is 12.5. The molecule has 0 aliphatic heterocycles. The summed E-state index contributed by atoms with van der Waals surface area (Å²) in [5.74, 6) is -1.46. The highest BCUT2D eigenvalue weighted by atomic mass is 35.5. The van der Waals surface area contributed by atoms with Gasteiger partial charge in [-0.25, -0.2) is 17.9 Å². The minimum absolute atomic E-state index is 0.0616. The molecule has 11 heteroatoms. The monoisotopic (exact) mass is 474 g/mol. The molecule has 0 atom stereocenters. The molecule has 2 N–H and O–H groups in total. The lowest BCUT2D eigenvalue weighted by molar-refractivity contribution is -0.119. The van der Waals surface area contributed by atoms with Gasteiger partial charge in [0.25, 0.3) is 5.91 Å². The van der Waals surface area contributed by atoms with Gasteiger partial charge in [-0.2, -0.15) is 0 Å². The van der Waals surface area contributed by atoms with Crippen LogP contribution in [0.5, 0.6) is 5.75 Å². The average Bonchev–Trinajstić information content (AvgIpc) is 2.67. The molecule has 2 aromatic carbocycles. The largest absolute Gasteiger partial charge is 0.495 e. The molecule has 0 spiro atoms. The van der Waals surface area contributed by atoms with Crippen LogP contribution in [0.1, 0.15) is 24.2 Å². The number of ether oxygens (including phenoxy) is 2. The van der Waals surface area contributed by atoms with E-state index >= 15 is 0 Å². The van der Waals surface area contributed by atoms with E-state index in [1.54, 1.807) is 19.9 Å². The zero-order valence-corrected chi connectivity index (χ0v) is 18.7. The third-order valence-electron chi connectivity index (χ3n) is 3.62. The highest BCUT2D eigenvalue weighted by Gasteiger charge is 2.23. The first-order chi connectivity index (χ1) is 14.0. The summed E-state index contributed by atoms with van der Waals surface area (Å²) in [6, 6.07) is 7.94. The Hall–Kier alpha value is -2.33. The molecule has 0 saturated heterocycles. The molecule has 162 valence electrons. The molecular weight excluding hydrogens is 455 g/mol. The standard InChI is InChI=1S/C19H20Cl2N2O6S/c1-11(2)23-30(26,27)17-8-12(4-7-16(17)28-3)19(25)29-10-18(24)22-15-9-13(20)5-6-14(15)21/h4-9,11,23H,10H2,1-3H3,(H,22,24). The molecule has 0 aliphatic carbocycles. The summed E-state index contributed by atoms with van der Waals surface area (Å²) < 4.78 is 37.5. The number of esters is 1. The number of rotatable bonds is 8. The zero-order chi connectivity index (χ0) is 22.5. The second-order valence-electron chi connectivity index (χ2n) is 6.39. The van der Waals surface area contributed by atoms with Crippen molar-refractivity contribution in [3.8, 4) is 5.75 Å². The van der Waals surface area contributed by atoms with Crippen molar-refractivity contribution in [2.45, 2.75) is 24.8 Å². The van der Waals surface area contributed by atoms with Gasteiger partial charge in [0.15, 0.2) is 6.61 Å². The third-order valence-corrected chi connectivity index (χ3v) is 5.86. The molecule has 2 rings (SSSR count). The number of hydrogen-bond donors (Lipinski definition) is 2. The Labute approximate surface area is 184 Å². The lowest BCUT2D eigenvalue weighted by Gasteiger charge is -2.14. The van der Waals surface area contributed by atoms with Crippen LogP contribution in [0.25, 0.3) is 0 Å². The maximum absolute atomic E-state index is 12.5. The Kier molecular flexibility index (Phi) is 8.08. The molecule has 0 aromatic heterocycles. The first-order valence-electron chi connectivity index (χ1n) is 8.66. The first-order valence-corrected chi connectivity index (χ1v) is 10.9. The Bertz CT molecular complexity index is 1060. The number of methoxy groups -OCH3 is 1. The summed E-state index contributed by atoms with van der Waals surface area (Å²) in [5.41, 5.74) is 0.205. The first kappa shape index (κ1) is 23.9. The second-order valence-corrected chi connectivity index (χ2v) is 8.92. The molecule has 1 amide bonds. The van der Waals surface area contributed by atoms with Crippen LogP contribution in [0.4, 0.5) is 5.69 Å². The van der Waals surface area contributed by atoms with Crippen molar-refractivity contribution in [1.82, 2.24) is 4.72 Å². The fraction of sp³-hybridized carbons (Fsp3) is 0.263. The summed E-state index contributed by atoms with van der Waals surface area (Å²) in [7, 11) is -2.62. The minimum atomic E-state index is -3.93. The van der Waals surface area contributed by atoms with Crippen LogP contribution in [-0.4, -0.2) is 40.1 Å². The van der Waals surface area contributed by atoms with Crippen LogP contribution < -0.4 is 14.8 Å². The van der Waals surface area contributed by atoms with Crippen LogP contribution in [0.2, 0.25) is 10.0 Å². The molecular formula is C19H20Cl2N2O6S. The fourth-order valence-corrected chi connectivity index (χ4v) is 4.16. The third kappa shape index (κ3) is 6.33. The van der Waals surface area contributed by atoms with Gasteiger partial charge in [-0.3, -0.25) is 4.79 Å². The Balaban J connectivity index is 2.12. The maximum Gasteiger partial charge on any atom is 0.338 e. The zero-order valence-electron chi connectivity index (χ0n) is 16.4. The van der Waals surface area contributed by atoms with E-state index < -0.39 is 28.5 Å².